The maximum absolute atomic E-state index is 12.0. The molecule has 0 aliphatic carbocycles. The first-order valence-corrected chi connectivity index (χ1v) is 6.95. The summed E-state index contributed by atoms with van der Waals surface area (Å²) in [5, 5.41) is 0. The number of imidazole rings is 1. The molecule has 22 heavy (non-hydrogen) atoms. The third-order valence-electron chi connectivity index (χ3n) is 3.30. The van der Waals surface area contributed by atoms with Crippen LogP contribution in [0.3, 0.4) is 0 Å². The third kappa shape index (κ3) is 2.90. The minimum absolute atomic E-state index is 0.346. The Hall–Kier alpha value is -2.89. The van der Waals surface area contributed by atoms with Crippen molar-refractivity contribution >= 4 is 6.09 Å². The number of nitrogens with zero attached hydrogens (tertiary/aromatic N) is 3. The zero-order valence-electron chi connectivity index (χ0n) is 12.0. The van der Waals surface area contributed by atoms with Crippen molar-refractivity contribution in [2.24, 2.45) is 0 Å². The molecule has 1 atom stereocenters. The van der Waals surface area contributed by atoms with Gasteiger partial charge in [0, 0.05) is 29.7 Å². The maximum atomic E-state index is 12.0. The van der Waals surface area contributed by atoms with Crippen LogP contribution in [0.25, 0.3) is 11.3 Å². The normalized spacial score (nSPS) is 12.0. The van der Waals surface area contributed by atoms with Crippen molar-refractivity contribution in [3.05, 3.63) is 61.2 Å². The van der Waals surface area contributed by atoms with Gasteiger partial charge in [0.2, 0.25) is 0 Å². The molecule has 3 rings (SSSR count). The van der Waals surface area contributed by atoms with Crippen molar-refractivity contribution in [3.63, 3.8) is 0 Å². The second-order valence-electron chi connectivity index (χ2n) is 4.74. The molecule has 0 N–H and O–H groups in total. The van der Waals surface area contributed by atoms with Crippen LogP contribution in [0.15, 0.2) is 60.1 Å². The summed E-state index contributed by atoms with van der Waals surface area (Å²) in [5.41, 5.74) is 2.58. The largest absolute Gasteiger partial charge is 0.472 e. The number of pyridine rings is 1. The average molecular weight is 297 g/mol. The number of furan rings is 1. The van der Waals surface area contributed by atoms with Gasteiger partial charge in [-0.05, 0) is 18.6 Å². The van der Waals surface area contributed by atoms with Gasteiger partial charge >= 0.3 is 6.09 Å². The summed E-state index contributed by atoms with van der Waals surface area (Å²) in [5.74, 6) is 0. The lowest BCUT2D eigenvalue weighted by atomic mass is 10.1. The highest BCUT2D eigenvalue weighted by molar-refractivity contribution is 5.70. The molecule has 6 nitrogen and oxygen atoms in total. The summed E-state index contributed by atoms with van der Waals surface area (Å²) in [7, 11) is 0. The Bertz CT molecular complexity index is 719. The number of aromatic nitrogens is 3. The van der Waals surface area contributed by atoms with E-state index in [1.54, 1.807) is 24.9 Å². The summed E-state index contributed by atoms with van der Waals surface area (Å²) < 4.78 is 11.8. The van der Waals surface area contributed by atoms with Gasteiger partial charge in [0.15, 0.2) is 0 Å². The van der Waals surface area contributed by atoms with Crippen LogP contribution < -0.4 is 0 Å². The molecule has 0 fully saturated rings. The van der Waals surface area contributed by atoms with Crippen molar-refractivity contribution < 1.29 is 13.9 Å². The molecule has 0 saturated heterocycles. The summed E-state index contributed by atoms with van der Waals surface area (Å²) >= 11 is 0. The van der Waals surface area contributed by atoms with Crippen LogP contribution in [0.4, 0.5) is 4.79 Å². The molecule has 112 valence electrons. The van der Waals surface area contributed by atoms with Gasteiger partial charge in [0.25, 0.3) is 0 Å². The van der Waals surface area contributed by atoms with Gasteiger partial charge in [-0.2, -0.15) is 0 Å². The molecule has 0 aliphatic rings. The average Bonchev–Trinajstić information content (AvgIpc) is 3.25. The molecule has 0 radical (unpaired) electrons. The SMILES string of the molecule is CCC(OC(=O)n1ccnc1)c1ccc(-c2ccoc2)nc1. The number of carbonyl (C=O) groups excluding carboxylic acids is 1. The van der Waals surface area contributed by atoms with Crippen LogP contribution in [-0.2, 0) is 4.74 Å². The number of rotatable bonds is 4. The first kappa shape index (κ1) is 14.1. The van der Waals surface area contributed by atoms with E-state index in [-0.39, 0.29) is 6.10 Å². The van der Waals surface area contributed by atoms with Crippen molar-refractivity contribution in [2.45, 2.75) is 19.4 Å². The topological polar surface area (TPSA) is 70.2 Å². The van der Waals surface area contributed by atoms with E-state index >= 15 is 0 Å². The van der Waals surface area contributed by atoms with E-state index in [2.05, 4.69) is 9.97 Å². The monoisotopic (exact) mass is 297 g/mol. The van der Waals surface area contributed by atoms with Crippen molar-refractivity contribution in [1.82, 2.24) is 14.5 Å². The van der Waals surface area contributed by atoms with Crippen LogP contribution in [-0.4, -0.2) is 20.6 Å². The Morgan fingerprint density at radius 1 is 1.41 bits per heavy atom. The van der Waals surface area contributed by atoms with E-state index in [1.807, 2.05) is 25.1 Å². The zero-order valence-corrected chi connectivity index (χ0v) is 12.0. The first-order chi connectivity index (χ1) is 10.8. The molecule has 6 heteroatoms. The molecular formula is C16H15N3O3. The van der Waals surface area contributed by atoms with E-state index in [1.165, 1.54) is 17.1 Å². The van der Waals surface area contributed by atoms with Crippen LogP contribution in [0.2, 0.25) is 0 Å². The van der Waals surface area contributed by atoms with E-state index < -0.39 is 6.09 Å². The second kappa shape index (κ2) is 6.26. The van der Waals surface area contributed by atoms with E-state index in [9.17, 15) is 4.79 Å². The lowest BCUT2D eigenvalue weighted by Crippen LogP contribution is -2.16. The fraction of sp³-hybridized carbons (Fsp3) is 0.188. The summed E-state index contributed by atoms with van der Waals surface area (Å²) in [4.78, 5) is 20.2. The smallest absolute Gasteiger partial charge is 0.419 e. The highest BCUT2D eigenvalue weighted by Gasteiger charge is 2.16. The van der Waals surface area contributed by atoms with Gasteiger partial charge in [0.1, 0.15) is 12.4 Å². The zero-order chi connectivity index (χ0) is 15.4. The van der Waals surface area contributed by atoms with Crippen LogP contribution in [0, 0.1) is 0 Å². The van der Waals surface area contributed by atoms with Crippen LogP contribution >= 0.6 is 0 Å². The standard InChI is InChI=1S/C16H15N3O3/c1-2-15(22-16(20)19-7-6-17-11-19)12-3-4-14(18-9-12)13-5-8-21-10-13/h3-11,15H,2H2,1H3. The molecule has 3 aromatic rings. The Kier molecular flexibility index (Phi) is 4.00. The molecule has 0 bridgehead atoms. The summed E-state index contributed by atoms with van der Waals surface area (Å²) in [6, 6.07) is 5.64. The van der Waals surface area contributed by atoms with Crippen molar-refractivity contribution in [2.75, 3.05) is 0 Å². The molecule has 0 saturated carbocycles. The summed E-state index contributed by atoms with van der Waals surface area (Å²) in [6.45, 7) is 1.95. The molecule has 3 heterocycles. The fourth-order valence-electron chi connectivity index (χ4n) is 2.11. The molecule has 1 unspecified atom stereocenters. The lowest BCUT2D eigenvalue weighted by molar-refractivity contribution is 0.0963. The Morgan fingerprint density at radius 2 is 2.32 bits per heavy atom. The third-order valence-corrected chi connectivity index (χ3v) is 3.30. The molecule has 3 aromatic heterocycles. The minimum Gasteiger partial charge on any atom is -0.472 e. The molecule has 0 aromatic carbocycles. The van der Waals surface area contributed by atoms with Gasteiger partial charge in [-0.1, -0.05) is 13.0 Å². The predicted molar refractivity (Wildman–Crippen MR) is 79.1 cm³/mol. The highest BCUT2D eigenvalue weighted by Crippen LogP contribution is 2.24. The first-order valence-electron chi connectivity index (χ1n) is 6.95. The highest BCUT2D eigenvalue weighted by atomic mass is 16.6. The molecule has 0 amide bonds. The fourth-order valence-corrected chi connectivity index (χ4v) is 2.11. The molecular weight excluding hydrogens is 282 g/mol. The van der Waals surface area contributed by atoms with Gasteiger partial charge < -0.3 is 9.15 Å². The Balaban J connectivity index is 1.75. The van der Waals surface area contributed by atoms with Crippen LogP contribution in [0.5, 0.6) is 0 Å². The van der Waals surface area contributed by atoms with Crippen molar-refractivity contribution in [3.8, 4) is 11.3 Å². The van der Waals surface area contributed by atoms with Gasteiger partial charge in [-0.25, -0.2) is 14.3 Å². The van der Waals surface area contributed by atoms with Gasteiger partial charge in [-0.15, -0.1) is 0 Å². The van der Waals surface area contributed by atoms with Gasteiger partial charge in [-0.3, -0.25) is 4.98 Å². The Labute approximate surface area is 127 Å². The molecule has 0 spiro atoms. The number of ether oxygens (including phenoxy) is 1. The maximum Gasteiger partial charge on any atom is 0.419 e. The predicted octanol–water partition coefficient (Wildman–Crippen LogP) is 3.67. The number of hydrogen-bond donors (Lipinski definition) is 0. The van der Waals surface area contributed by atoms with E-state index in [0.29, 0.717) is 6.42 Å². The van der Waals surface area contributed by atoms with Crippen LogP contribution in [0.1, 0.15) is 25.0 Å². The van der Waals surface area contributed by atoms with E-state index in [4.69, 9.17) is 9.15 Å². The molecule has 0 aliphatic heterocycles. The summed E-state index contributed by atoms with van der Waals surface area (Å²) in [6.07, 6.45) is 9.31. The number of carbonyl (C=O) groups is 1. The second-order valence-corrected chi connectivity index (χ2v) is 4.74. The Morgan fingerprint density at radius 3 is 2.91 bits per heavy atom. The quantitative estimate of drug-likeness (QED) is 0.734. The number of hydrogen-bond acceptors (Lipinski definition) is 5. The minimum atomic E-state index is -0.455. The van der Waals surface area contributed by atoms with Gasteiger partial charge in [0.05, 0.1) is 18.2 Å². The van der Waals surface area contributed by atoms with Crippen molar-refractivity contribution in [1.29, 1.82) is 0 Å². The lowest BCUT2D eigenvalue weighted by Gasteiger charge is -2.16. The van der Waals surface area contributed by atoms with E-state index in [0.717, 1.165) is 16.8 Å².